The summed E-state index contributed by atoms with van der Waals surface area (Å²) in [5.74, 6) is -3.49. The number of rotatable bonds is 5. The molecule has 4 rings (SSSR count). The van der Waals surface area contributed by atoms with Crippen LogP contribution in [0.15, 0.2) is 41.3 Å². The van der Waals surface area contributed by atoms with Crippen molar-refractivity contribution in [2.45, 2.75) is 26.7 Å². The van der Waals surface area contributed by atoms with Crippen molar-refractivity contribution in [3.8, 4) is 28.4 Å². The van der Waals surface area contributed by atoms with Gasteiger partial charge in [0, 0.05) is 13.2 Å². The van der Waals surface area contributed by atoms with E-state index in [0.29, 0.717) is 16.9 Å². The topological polar surface area (TPSA) is 106 Å². The Morgan fingerprint density at radius 1 is 1.19 bits per heavy atom. The Hall–Kier alpha value is -4.34. The summed E-state index contributed by atoms with van der Waals surface area (Å²) in [6.07, 6.45) is 1.59. The SMILES string of the molecule is CNC(=O)c1c(O)c2cc(F)c(-c3c(F)cccc3OC)nc2n(-c2c(C)ccnc2C(C)C)c1=O. The summed E-state index contributed by atoms with van der Waals surface area (Å²) in [5, 5.41) is 13.0. The number of pyridine rings is 3. The van der Waals surface area contributed by atoms with Crippen LogP contribution in [0.4, 0.5) is 8.78 Å². The van der Waals surface area contributed by atoms with E-state index in [4.69, 9.17) is 4.74 Å². The second-order valence-electron chi connectivity index (χ2n) is 8.47. The van der Waals surface area contributed by atoms with Gasteiger partial charge in [0.15, 0.2) is 11.5 Å². The Labute approximate surface area is 205 Å². The quantitative estimate of drug-likeness (QED) is 0.430. The molecule has 0 radical (unpaired) electrons. The molecule has 0 atom stereocenters. The van der Waals surface area contributed by atoms with Gasteiger partial charge in [-0.05, 0) is 42.7 Å². The maximum absolute atomic E-state index is 15.4. The first-order valence-corrected chi connectivity index (χ1v) is 11.1. The van der Waals surface area contributed by atoms with Gasteiger partial charge in [0.2, 0.25) is 0 Å². The summed E-state index contributed by atoms with van der Waals surface area (Å²) in [7, 11) is 2.61. The average molecular weight is 494 g/mol. The number of carbonyl (C=O) groups is 1. The lowest BCUT2D eigenvalue weighted by Crippen LogP contribution is -2.32. The fourth-order valence-electron chi connectivity index (χ4n) is 4.17. The van der Waals surface area contributed by atoms with Crippen LogP contribution in [0.5, 0.6) is 11.5 Å². The van der Waals surface area contributed by atoms with Gasteiger partial charge < -0.3 is 15.2 Å². The van der Waals surface area contributed by atoms with Crippen LogP contribution in [-0.2, 0) is 0 Å². The molecule has 4 aromatic rings. The Morgan fingerprint density at radius 2 is 1.92 bits per heavy atom. The second-order valence-corrected chi connectivity index (χ2v) is 8.47. The largest absolute Gasteiger partial charge is 0.506 e. The van der Waals surface area contributed by atoms with E-state index < -0.39 is 40.1 Å². The minimum atomic E-state index is -0.985. The molecule has 0 bridgehead atoms. The van der Waals surface area contributed by atoms with Gasteiger partial charge in [-0.3, -0.25) is 19.1 Å². The lowest BCUT2D eigenvalue weighted by molar-refractivity contribution is 0.0959. The van der Waals surface area contributed by atoms with Crippen molar-refractivity contribution in [3.63, 3.8) is 0 Å². The van der Waals surface area contributed by atoms with Crippen LogP contribution in [0.25, 0.3) is 28.0 Å². The fraction of sp³-hybridized carbons (Fsp3) is 0.231. The Kier molecular flexibility index (Phi) is 6.45. The van der Waals surface area contributed by atoms with Crippen LogP contribution in [0.2, 0.25) is 0 Å². The lowest BCUT2D eigenvalue weighted by atomic mass is 10.0. The molecule has 0 spiro atoms. The standard InChI is InChI=1S/C26H24F2N4O4/c1-12(2)20-22(13(3)9-10-30-20)32-24-14(23(33)19(26(32)35)25(34)29-4)11-16(28)21(31-24)18-15(27)7-6-8-17(18)36-5/h6-12,33H,1-5H3,(H,29,34). The zero-order valence-electron chi connectivity index (χ0n) is 20.3. The van der Waals surface area contributed by atoms with E-state index in [1.54, 1.807) is 19.2 Å². The van der Waals surface area contributed by atoms with E-state index in [9.17, 15) is 19.1 Å². The Bertz CT molecular complexity index is 1580. The monoisotopic (exact) mass is 494 g/mol. The number of aryl methyl sites for hydroxylation is 1. The maximum Gasteiger partial charge on any atom is 0.273 e. The zero-order valence-corrected chi connectivity index (χ0v) is 20.3. The molecule has 8 nitrogen and oxygen atoms in total. The predicted molar refractivity (Wildman–Crippen MR) is 131 cm³/mol. The highest BCUT2D eigenvalue weighted by Crippen LogP contribution is 2.37. The molecular formula is C26H24F2N4O4. The van der Waals surface area contributed by atoms with E-state index in [1.165, 1.54) is 26.3 Å². The minimum Gasteiger partial charge on any atom is -0.506 e. The predicted octanol–water partition coefficient (Wildman–Crippen LogP) is 4.23. The third-order valence-electron chi connectivity index (χ3n) is 5.89. The molecule has 10 heteroatoms. The first kappa shape index (κ1) is 24.8. The number of methoxy groups -OCH3 is 1. The van der Waals surface area contributed by atoms with Crippen molar-refractivity contribution >= 4 is 16.9 Å². The van der Waals surface area contributed by atoms with E-state index in [-0.39, 0.29) is 28.3 Å². The van der Waals surface area contributed by atoms with Crippen LogP contribution in [0, 0.1) is 18.6 Å². The summed E-state index contributed by atoms with van der Waals surface area (Å²) in [5.41, 5.74) is -0.846. The van der Waals surface area contributed by atoms with E-state index in [0.717, 1.165) is 16.7 Å². The van der Waals surface area contributed by atoms with E-state index >= 15 is 4.39 Å². The molecule has 0 saturated heterocycles. The Morgan fingerprint density at radius 3 is 2.56 bits per heavy atom. The number of amides is 1. The Balaban J connectivity index is 2.26. The third kappa shape index (κ3) is 3.84. The van der Waals surface area contributed by atoms with Crippen LogP contribution in [-0.4, -0.2) is 39.7 Å². The number of benzene rings is 1. The van der Waals surface area contributed by atoms with Crippen LogP contribution < -0.4 is 15.6 Å². The molecule has 3 aromatic heterocycles. The highest BCUT2D eigenvalue weighted by atomic mass is 19.1. The van der Waals surface area contributed by atoms with Crippen molar-refractivity contribution in [1.82, 2.24) is 19.9 Å². The number of halogens is 2. The minimum absolute atomic E-state index is 0.0290. The molecule has 2 N–H and O–H groups in total. The van der Waals surface area contributed by atoms with Crippen molar-refractivity contribution in [2.75, 3.05) is 14.2 Å². The number of ether oxygens (including phenoxy) is 1. The number of fused-ring (bicyclic) bond motifs is 1. The number of carbonyl (C=O) groups excluding carboxylic acids is 1. The molecular weight excluding hydrogens is 470 g/mol. The zero-order chi connectivity index (χ0) is 26.3. The van der Waals surface area contributed by atoms with Crippen molar-refractivity contribution in [2.24, 2.45) is 0 Å². The molecule has 0 aliphatic carbocycles. The van der Waals surface area contributed by atoms with Crippen molar-refractivity contribution in [1.29, 1.82) is 0 Å². The molecule has 0 aliphatic rings. The first-order valence-electron chi connectivity index (χ1n) is 11.1. The highest BCUT2D eigenvalue weighted by Gasteiger charge is 2.28. The summed E-state index contributed by atoms with van der Waals surface area (Å²) < 4.78 is 36.6. The number of hydrogen-bond donors (Lipinski definition) is 2. The molecule has 186 valence electrons. The first-order chi connectivity index (χ1) is 17.1. The van der Waals surface area contributed by atoms with Gasteiger partial charge in [0.1, 0.15) is 28.6 Å². The fourth-order valence-corrected chi connectivity index (χ4v) is 4.17. The van der Waals surface area contributed by atoms with Crippen LogP contribution >= 0.6 is 0 Å². The van der Waals surface area contributed by atoms with Gasteiger partial charge in [0.05, 0.1) is 29.4 Å². The number of hydrogen-bond acceptors (Lipinski definition) is 6. The maximum atomic E-state index is 15.4. The highest BCUT2D eigenvalue weighted by molar-refractivity contribution is 6.02. The second kappa shape index (κ2) is 9.37. The molecule has 0 fully saturated rings. The van der Waals surface area contributed by atoms with Gasteiger partial charge in [0.25, 0.3) is 11.5 Å². The van der Waals surface area contributed by atoms with Gasteiger partial charge in [-0.2, -0.15) is 0 Å². The molecule has 36 heavy (non-hydrogen) atoms. The van der Waals surface area contributed by atoms with Gasteiger partial charge >= 0.3 is 0 Å². The number of aromatic hydroxyl groups is 1. The molecule has 0 saturated carbocycles. The number of nitrogens with one attached hydrogen (secondary N) is 1. The lowest BCUT2D eigenvalue weighted by Gasteiger charge is -2.20. The van der Waals surface area contributed by atoms with Gasteiger partial charge in [-0.1, -0.05) is 19.9 Å². The van der Waals surface area contributed by atoms with Gasteiger partial charge in [-0.15, -0.1) is 0 Å². The van der Waals surface area contributed by atoms with Gasteiger partial charge in [-0.25, -0.2) is 13.8 Å². The summed E-state index contributed by atoms with van der Waals surface area (Å²) in [6.45, 7) is 5.50. The number of aromatic nitrogens is 3. The van der Waals surface area contributed by atoms with Crippen molar-refractivity contribution < 1.29 is 23.4 Å². The molecule has 1 aromatic carbocycles. The number of nitrogens with zero attached hydrogens (tertiary/aromatic N) is 3. The summed E-state index contributed by atoms with van der Waals surface area (Å²) in [4.78, 5) is 35.1. The summed E-state index contributed by atoms with van der Waals surface area (Å²) >= 11 is 0. The van der Waals surface area contributed by atoms with Crippen LogP contribution in [0.3, 0.4) is 0 Å². The van der Waals surface area contributed by atoms with Crippen molar-refractivity contribution in [3.05, 3.63) is 75.3 Å². The van der Waals surface area contributed by atoms with Crippen LogP contribution in [0.1, 0.15) is 41.4 Å². The summed E-state index contributed by atoms with van der Waals surface area (Å²) in [6, 6.07) is 6.58. The molecule has 1 amide bonds. The molecule has 3 heterocycles. The van der Waals surface area contributed by atoms with E-state index in [2.05, 4.69) is 15.3 Å². The smallest absolute Gasteiger partial charge is 0.273 e. The average Bonchev–Trinajstić information content (AvgIpc) is 2.84. The molecule has 0 unspecified atom stereocenters. The van der Waals surface area contributed by atoms with E-state index in [1.807, 2.05) is 13.8 Å². The third-order valence-corrected chi connectivity index (χ3v) is 5.89. The molecule has 0 aliphatic heterocycles. The normalized spacial score (nSPS) is 11.2.